The topological polar surface area (TPSA) is 82.2 Å². The van der Waals surface area contributed by atoms with Crippen LogP contribution in [0.3, 0.4) is 0 Å². The molecule has 20 heavy (non-hydrogen) atoms. The van der Waals surface area contributed by atoms with E-state index in [0.717, 1.165) is 17.9 Å². The van der Waals surface area contributed by atoms with Crippen molar-refractivity contribution in [2.24, 2.45) is 16.3 Å². The van der Waals surface area contributed by atoms with Crippen molar-refractivity contribution in [2.45, 2.75) is 13.8 Å². The molecule has 6 nitrogen and oxygen atoms in total. The van der Waals surface area contributed by atoms with Gasteiger partial charge in [0, 0.05) is 20.1 Å². The van der Waals surface area contributed by atoms with E-state index in [1.54, 1.807) is 18.7 Å². The molecular formula is C14H20N4O2. The number of carbonyl (C=O) groups is 1. The van der Waals surface area contributed by atoms with Gasteiger partial charge in [0.05, 0.1) is 11.4 Å². The van der Waals surface area contributed by atoms with E-state index in [4.69, 9.17) is 10.9 Å². The highest BCUT2D eigenvalue weighted by atomic mass is 16.4. The van der Waals surface area contributed by atoms with Crippen molar-refractivity contribution in [2.75, 3.05) is 29.9 Å². The number of amides is 1. The molecule has 0 spiro atoms. The zero-order chi connectivity index (χ0) is 14.9. The maximum absolute atomic E-state index is 12.7. The second-order valence-corrected chi connectivity index (χ2v) is 5.48. The first kappa shape index (κ1) is 14.2. The first-order valence-corrected chi connectivity index (χ1v) is 6.49. The number of likely N-dealkylation sites (N-methyl/N-ethyl adjacent to an activating group) is 1. The molecule has 0 radical (unpaired) electrons. The highest BCUT2D eigenvalue weighted by Gasteiger charge is 2.38. The van der Waals surface area contributed by atoms with Crippen molar-refractivity contribution in [3.8, 4) is 0 Å². The van der Waals surface area contributed by atoms with Crippen LogP contribution in [-0.4, -0.2) is 37.1 Å². The zero-order valence-electron chi connectivity index (χ0n) is 12.0. The van der Waals surface area contributed by atoms with E-state index in [9.17, 15) is 4.79 Å². The van der Waals surface area contributed by atoms with Gasteiger partial charge in [0.15, 0.2) is 5.84 Å². The number of carbonyl (C=O) groups excluding carboxylic acids is 1. The van der Waals surface area contributed by atoms with Gasteiger partial charge in [0.2, 0.25) is 5.91 Å². The van der Waals surface area contributed by atoms with Gasteiger partial charge in [-0.1, -0.05) is 17.3 Å². The third-order valence-corrected chi connectivity index (χ3v) is 3.77. The van der Waals surface area contributed by atoms with Crippen molar-refractivity contribution >= 4 is 23.1 Å². The number of para-hydroxylation sites is 2. The van der Waals surface area contributed by atoms with Crippen LogP contribution in [0.2, 0.25) is 0 Å². The molecule has 1 amide bonds. The molecule has 0 aliphatic carbocycles. The predicted octanol–water partition coefficient (Wildman–Crippen LogP) is 1.24. The van der Waals surface area contributed by atoms with Crippen LogP contribution in [0.5, 0.6) is 0 Å². The highest BCUT2D eigenvalue weighted by molar-refractivity contribution is 6.13. The molecule has 1 heterocycles. The molecule has 1 aromatic carbocycles. The molecule has 1 aliphatic rings. The van der Waals surface area contributed by atoms with Crippen LogP contribution in [0.25, 0.3) is 0 Å². The third-order valence-electron chi connectivity index (χ3n) is 3.77. The summed E-state index contributed by atoms with van der Waals surface area (Å²) in [6.07, 6.45) is 0. The highest BCUT2D eigenvalue weighted by Crippen LogP contribution is 2.34. The molecule has 6 heteroatoms. The number of hydrogen-bond acceptors (Lipinski definition) is 4. The van der Waals surface area contributed by atoms with Gasteiger partial charge in [-0.3, -0.25) is 4.79 Å². The molecule has 108 valence electrons. The van der Waals surface area contributed by atoms with Crippen LogP contribution in [0, 0.1) is 5.41 Å². The number of hydrogen-bond donors (Lipinski definition) is 2. The second kappa shape index (κ2) is 5.03. The van der Waals surface area contributed by atoms with Gasteiger partial charge in [-0.2, -0.15) is 0 Å². The van der Waals surface area contributed by atoms with Crippen LogP contribution >= 0.6 is 0 Å². The average Bonchev–Trinajstić information content (AvgIpc) is 2.46. The summed E-state index contributed by atoms with van der Waals surface area (Å²) in [6.45, 7) is 4.64. The molecule has 0 atom stereocenters. The Kier molecular flexibility index (Phi) is 3.57. The maximum Gasteiger partial charge on any atom is 0.240 e. The summed E-state index contributed by atoms with van der Waals surface area (Å²) in [7, 11) is 2.00. The minimum atomic E-state index is -1.04. The van der Waals surface area contributed by atoms with E-state index in [-0.39, 0.29) is 11.7 Å². The fourth-order valence-electron chi connectivity index (χ4n) is 2.29. The van der Waals surface area contributed by atoms with Crippen molar-refractivity contribution in [3.63, 3.8) is 0 Å². The SMILES string of the molecule is CN1CCN(C(=O)C(C)(C)C(N)=NO)c2ccccc21. The largest absolute Gasteiger partial charge is 0.409 e. The summed E-state index contributed by atoms with van der Waals surface area (Å²) in [5.74, 6) is -0.257. The van der Waals surface area contributed by atoms with Crippen LogP contribution in [0.15, 0.2) is 29.4 Å². The lowest BCUT2D eigenvalue weighted by molar-refractivity contribution is -0.123. The molecule has 0 saturated heterocycles. The quantitative estimate of drug-likeness (QED) is 0.368. The molecular weight excluding hydrogens is 256 g/mol. The summed E-state index contributed by atoms with van der Waals surface area (Å²) in [6, 6.07) is 7.73. The smallest absolute Gasteiger partial charge is 0.240 e. The summed E-state index contributed by atoms with van der Waals surface area (Å²) in [4.78, 5) is 16.5. The number of benzene rings is 1. The Balaban J connectivity index is 2.40. The first-order chi connectivity index (χ1) is 9.39. The van der Waals surface area contributed by atoms with Gasteiger partial charge in [-0.05, 0) is 26.0 Å². The molecule has 1 aromatic rings. The minimum absolute atomic E-state index is 0.0843. The standard InChI is InChI=1S/C14H20N4O2/c1-14(2,12(15)16-20)13(19)18-9-8-17(3)10-6-4-5-7-11(10)18/h4-7,20H,8-9H2,1-3H3,(H2,15,16). The lowest BCUT2D eigenvalue weighted by atomic mass is 9.89. The van der Waals surface area contributed by atoms with Gasteiger partial charge in [0.1, 0.15) is 5.41 Å². The van der Waals surface area contributed by atoms with E-state index in [1.165, 1.54) is 0 Å². The number of anilines is 2. The Bertz CT molecular complexity index is 554. The molecule has 0 saturated carbocycles. The molecule has 0 aromatic heterocycles. The second-order valence-electron chi connectivity index (χ2n) is 5.48. The van der Waals surface area contributed by atoms with Gasteiger partial charge in [-0.15, -0.1) is 0 Å². The van der Waals surface area contributed by atoms with Crippen molar-refractivity contribution < 1.29 is 10.0 Å². The van der Waals surface area contributed by atoms with E-state index in [2.05, 4.69) is 10.1 Å². The third kappa shape index (κ3) is 2.17. The molecule has 0 fully saturated rings. The van der Waals surface area contributed by atoms with Crippen molar-refractivity contribution in [3.05, 3.63) is 24.3 Å². The molecule has 0 bridgehead atoms. The summed E-state index contributed by atoms with van der Waals surface area (Å²) >= 11 is 0. The Morgan fingerprint density at radius 2 is 1.90 bits per heavy atom. The lowest BCUT2D eigenvalue weighted by Gasteiger charge is -2.38. The fraction of sp³-hybridized carbons (Fsp3) is 0.429. The van der Waals surface area contributed by atoms with Crippen LogP contribution in [0.1, 0.15) is 13.8 Å². The Morgan fingerprint density at radius 1 is 1.30 bits per heavy atom. The van der Waals surface area contributed by atoms with Crippen LogP contribution in [-0.2, 0) is 4.79 Å². The van der Waals surface area contributed by atoms with Crippen LogP contribution in [0.4, 0.5) is 11.4 Å². The number of amidine groups is 1. The Labute approximate surface area is 118 Å². The van der Waals surface area contributed by atoms with Gasteiger partial charge in [-0.25, -0.2) is 0 Å². The Morgan fingerprint density at radius 3 is 2.50 bits per heavy atom. The number of nitrogens with two attached hydrogens (primary N) is 1. The minimum Gasteiger partial charge on any atom is -0.409 e. The lowest BCUT2D eigenvalue weighted by Crippen LogP contribution is -2.52. The first-order valence-electron chi connectivity index (χ1n) is 6.49. The van der Waals surface area contributed by atoms with E-state index < -0.39 is 5.41 Å². The predicted molar refractivity (Wildman–Crippen MR) is 79.3 cm³/mol. The Hall–Kier alpha value is -2.24. The van der Waals surface area contributed by atoms with E-state index in [1.807, 2.05) is 31.3 Å². The fourth-order valence-corrected chi connectivity index (χ4v) is 2.29. The molecule has 0 unspecified atom stereocenters. The number of fused-ring (bicyclic) bond motifs is 1. The van der Waals surface area contributed by atoms with Gasteiger partial charge >= 0.3 is 0 Å². The zero-order valence-corrected chi connectivity index (χ0v) is 12.0. The van der Waals surface area contributed by atoms with Crippen molar-refractivity contribution in [1.82, 2.24) is 0 Å². The molecule has 2 rings (SSSR count). The normalized spacial score (nSPS) is 16.1. The summed E-state index contributed by atoms with van der Waals surface area (Å²) < 4.78 is 0. The van der Waals surface area contributed by atoms with Crippen LogP contribution < -0.4 is 15.5 Å². The molecule has 1 aliphatic heterocycles. The number of oxime groups is 1. The van der Waals surface area contributed by atoms with Gasteiger partial charge in [0.25, 0.3) is 0 Å². The van der Waals surface area contributed by atoms with E-state index in [0.29, 0.717) is 6.54 Å². The number of nitrogens with zero attached hydrogens (tertiary/aromatic N) is 3. The summed E-state index contributed by atoms with van der Waals surface area (Å²) in [5.41, 5.74) is 6.46. The van der Waals surface area contributed by atoms with E-state index >= 15 is 0 Å². The monoisotopic (exact) mass is 276 g/mol. The molecule has 3 N–H and O–H groups in total. The summed E-state index contributed by atoms with van der Waals surface area (Å²) in [5, 5.41) is 11.8. The number of rotatable bonds is 2. The van der Waals surface area contributed by atoms with Gasteiger partial charge < -0.3 is 20.7 Å². The average molecular weight is 276 g/mol. The van der Waals surface area contributed by atoms with Crippen molar-refractivity contribution in [1.29, 1.82) is 0 Å². The maximum atomic E-state index is 12.7.